The fourth-order valence-electron chi connectivity index (χ4n) is 2.16. The Morgan fingerprint density at radius 1 is 1.24 bits per heavy atom. The number of esters is 1. The number of unbranched alkanes of at least 4 members (excludes halogenated alkanes) is 1. The Labute approximate surface area is 169 Å². The number of rotatable bonds is 11. The minimum absolute atomic E-state index is 0.0526. The molecule has 0 saturated heterocycles. The van der Waals surface area contributed by atoms with E-state index in [1.54, 1.807) is 7.11 Å². The van der Waals surface area contributed by atoms with Gasteiger partial charge in [-0.2, -0.15) is 0 Å². The zero-order valence-corrected chi connectivity index (χ0v) is 20.4. The second-order valence-corrected chi connectivity index (χ2v) is 14.1. The average molecular weight is 484 g/mol. The SMILES string of the molecule is CCCC/C(I)=C/[C@@H](C[C@@H](CC(=O)OC)O[Si](C)(C)C(C)(C)C)OC. The van der Waals surface area contributed by atoms with Gasteiger partial charge in [0, 0.05) is 13.5 Å². The van der Waals surface area contributed by atoms with E-state index in [4.69, 9.17) is 13.9 Å². The minimum Gasteiger partial charge on any atom is -0.469 e. The van der Waals surface area contributed by atoms with Crippen molar-refractivity contribution in [2.24, 2.45) is 0 Å². The summed E-state index contributed by atoms with van der Waals surface area (Å²) < 4.78 is 18.3. The van der Waals surface area contributed by atoms with Gasteiger partial charge in [0.15, 0.2) is 8.32 Å². The highest BCUT2D eigenvalue weighted by Crippen LogP contribution is 2.38. The third-order valence-electron chi connectivity index (χ3n) is 4.82. The lowest BCUT2D eigenvalue weighted by molar-refractivity contribution is -0.142. The molecule has 4 nitrogen and oxygen atoms in total. The molecular weight excluding hydrogens is 447 g/mol. The molecule has 0 aliphatic heterocycles. The van der Waals surface area contributed by atoms with Crippen LogP contribution in [0.15, 0.2) is 9.66 Å². The van der Waals surface area contributed by atoms with Crippen molar-refractivity contribution in [1.82, 2.24) is 0 Å². The second kappa shape index (κ2) is 11.7. The van der Waals surface area contributed by atoms with Crippen molar-refractivity contribution in [2.75, 3.05) is 14.2 Å². The van der Waals surface area contributed by atoms with Gasteiger partial charge in [-0.15, -0.1) is 0 Å². The van der Waals surface area contributed by atoms with E-state index in [-0.39, 0.29) is 29.6 Å². The van der Waals surface area contributed by atoms with Gasteiger partial charge in [-0.05, 0) is 63.2 Å². The highest BCUT2D eigenvalue weighted by molar-refractivity contribution is 14.1. The monoisotopic (exact) mass is 484 g/mol. The first-order valence-corrected chi connectivity index (χ1v) is 13.1. The van der Waals surface area contributed by atoms with E-state index in [0.717, 1.165) is 6.42 Å². The summed E-state index contributed by atoms with van der Waals surface area (Å²) in [6.45, 7) is 13.2. The predicted molar refractivity (Wildman–Crippen MR) is 116 cm³/mol. The zero-order valence-electron chi connectivity index (χ0n) is 17.3. The van der Waals surface area contributed by atoms with Crippen LogP contribution in [-0.4, -0.2) is 40.7 Å². The molecule has 0 aromatic carbocycles. The van der Waals surface area contributed by atoms with Gasteiger partial charge in [0.25, 0.3) is 0 Å². The van der Waals surface area contributed by atoms with Crippen LogP contribution in [0.4, 0.5) is 0 Å². The molecule has 0 heterocycles. The lowest BCUT2D eigenvalue weighted by atomic mass is 10.1. The topological polar surface area (TPSA) is 44.8 Å². The van der Waals surface area contributed by atoms with Crippen molar-refractivity contribution >= 4 is 36.9 Å². The zero-order chi connectivity index (χ0) is 19.7. The number of hydrogen-bond donors (Lipinski definition) is 0. The normalized spacial score (nSPS) is 15.8. The molecule has 0 radical (unpaired) electrons. The summed E-state index contributed by atoms with van der Waals surface area (Å²) in [5, 5.41) is 0.0926. The Morgan fingerprint density at radius 3 is 2.28 bits per heavy atom. The maximum Gasteiger partial charge on any atom is 0.308 e. The highest BCUT2D eigenvalue weighted by Gasteiger charge is 2.40. The van der Waals surface area contributed by atoms with E-state index in [1.807, 2.05) is 0 Å². The summed E-state index contributed by atoms with van der Waals surface area (Å²) in [6.07, 6.45) is 6.28. The molecule has 6 heteroatoms. The van der Waals surface area contributed by atoms with E-state index >= 15 is 0 Å². The fourth-order valence-corrected chi connectivity index (χ4v) is 4.31. The molecule has 0 fully saturated rings. The van der Waals surface area contributed by atoms with Crippen molar-refractivity contribution in [1.29, 1.82) is 0 Å². The molecular formula is C19H37IO4Si. The lowest BCUT2D eigenvalue weighted by Gasteiger charge is -2.39. The second-order valence-electron chi connectivity index (χ2n) is 8.01. The molecule has 0 spiro atoms. The first-order valence-electron chi connectivity index (χ1n) is 9.10. The summed E-state index contributed by atoms with van der Waals surface area (Å²) in [4.78, 5) is 11.8. The van der Waals surface area contributed by atoms with Crippen LogP contribution >= 0.6 is 22.6 Å². The van der Waals surface area contributed by atoms with E-state index < -0.39 is 8.32 Å². The van der Waals surface area contributed by atoms with E-state index in [1.165, 1.54) is 23.5 Å². The molecule has 148 valence electrons. The molecule has 0 aromatic rings. The number of carbonyl (C=O) groups excluding carboxylic acids is 1. The molecule has 0 amide bonds. The van der Waals surface area contributed by atoms with Crippen molar-refractivity contribution in [3.63, 3.8) is 0 Å². The van der Waals surface area contributed by atoms with Gasteiger partial charge in [-0.1, -0.05) is 34.1 Å². The standard InChI is InChI=1S/C19H37IO4Si/c1-9-10-11-15(20)12-16(22-5)13-17(14-18(21)23-6)24-25(7,8)19(2,3)4/h12,16-17H,9-11,13-14H2,1-8H3/b15-12-/t16-,17-/m0/s1. The summed E-state index contributed by atoms with van der Waals surface area (Å²) in [5.74, 6) is -0.233. The van der Waals surface area contributed by atoms with Gasteiger partial charge in [0.05, 0.1) is 25.7 Å². The Bertz CT molecular complexity index is 430. The third kappa shape index (κ3) is 10.1. The Balaban J connectivity index is 5.17. The molecule has 0 rings (SSSR count). The number of methoxy groups -OCH3 is 2. The number of hydrogen-bond acceptors (Lipinski definition) is 4. The van der Waals surface area contributed by atoms with E-state index in [9.17, 15) is 4.79 Å². The maximum absolute atomic E-state index is 11.8. The van der Waals surface area contributed by atoms with Crippen LogP contribution in [-0.2, 0) is 18.7 Å². The summed E-state index contributed by atoms with van der Waals surface area (Å²) in [6, 6.07) is 0. The van der Waals surface area contributed by atoms with Gasteiger partial charge in [0.2, 0.25) is 0 Å². The summed E-state index contributed by atoms with van der Waals surface area (Å²) in [5.41, 5.74) is 0. The van der Waals surface area contributed by atoms with Crippen LogP contribution in [0.25, 0.3) is 0 Å². The average Bonchev–Trinajstić information content (AvgIpc) is 2.50. The van der Waals surface area contributed by atoms with Crippen LogP contribution in [0.2, 0.25) is 18.1 Å². The van der Waals surface area contributed by atoms with Gasteiger partial charge in [-0.3, -0.25) is 4.79 Å². The molecule has 0 N–H and O–H groups in total. The molecule has 0 unspecified atom stereocenters. The fraction of sp³-hybridized carbons (Fsp3) is 0.842. The molecule has 0 aliphatic rings. The number of halogens is 1. The van der Waals surface area contributed by atoms with Crippen molar-refractivity contribution in [2.45, 2.75) is 90.1 Å². The van der Waals surface area contributed by atoms with Crippen molar-refractivity contribution < 1.29 is 18.7 Å². The molecule has 0 bridgehead atoms. The van der Waals surface area contributed by atoms with Crippen LogP contribution in [0, 0.1) is 0 Å². The molecule has 0 aromatic heterocycles. The van der Waals surface area contributed by atoms with E-state index in [0.29, 0.717) is 6.42 Å². The predicted octanol–water partition coefficient (Wildman–Crippen LogP) is 5.85. The van der Waals surface area contributed by atoms with Gasteiger partial charge >= 0.3 is 5.97 Å². The Hall–Kier alpha value is 0.0769. The van der Waals surface area contributed by atoms with Gasteiger partial charge in [-0.25, -0.2) is 0 Å². The molecule has 0 aliphatic carbocycles. The first-order chi connectivity index (χ1) is 11.5. The third-order valence-corrected chi connectivity index (χ3v) is 10.3. The maximum atomic E-state index is 11.8. The summed E-state index contributed by atoms with van der Waals surface area (Å²) >= 11 is 2.38. The van der Waals surface area contributed by atoms with Crippen LogP contribution in [0.5, 0.6) is 0 Å². The number of allylic oxidation sites excluding steroid dienone is 1. The highest BCUT2D eigenvalue weighted by atomic mass is 127. The quantitative estimate of drug-likeness (QED) is 0.210. The largest absolute Gasteiger partial charge is 0.469 e. The van der Waals surface area contributed by atoms with Gasteiger partial charge < -0.3 is 13.9 Å². The number of ether oxygens (including phenoxy) is 2. The Morgan fingerprint density at radius 2 is 1.84 bits per heavy atom. The number of carbonyl (C=O) groups is 1. The van der Waals surface area contributed by atoms with Crippen LogP contribution < -0.4 is 0 Å². The Kier molecular flexibility index (Phi) is 11.8. The van der Waals surface area contributed by atoms with Crippen molar-refractivity contribution in [3.8, 4) is 0 Å². The van der Waals surface area contributed by atoms with Crippen molar-refractivity contribution in [3.05, 3.63) is 9.66 Å². The molecule has 2 atom stereocenters. The first kappa shape index (κ1) is 25.1. The minimum atomic E-state index is -1.97. The van der Waals surface area contributed by atoms with Crippen LogP contribution in [0.3, 0.4) is 0 Å². The molecule has 25 heavy (non-hydrogen) atoms. The van der Waals surface area contributed by atoms with Crippen LogP contribution in [0.1, 0.15) is 59.8 Å². The van der Waals surface area contributed by atoms with Gasteiger partial charge in [0.1, 0.15) is 0 Å². The molecule has 0 saturated carbocycles. The lowest BCUT2D eigenvalue weighted by Crippen LogP contribution is -2.45. The smallest absolute Gasteiger partial charge is 0.308 e. The summed E-state index contributed by atoms with van der Waals surface area (Å²) in [7, 11) is 1.16. The van der Waals surface area contributed by atoms with E-state index in [2.05, 4.69) is 69.5 Å².